The Hall–Kier alpha value is -1.31. The van der Waals surface area contributed by atoms with Crippen LogP contribution in [0.2, 0.25) is 5.02 Å². The number of benzene rings is 2. The monoisotopic (exact) mass is 378 g/mol. The molecule has 0 aromatic heterocycles. The van der Waals surface area contributed by atoms with Gasteiger partial charge in [0.15, 0.2) is 0 Å². The highest BCUT2D eigenvalue weighted by Gasteiger charge is 2.19. The smallest absolute Gasteiger partial charge is 0.263 e. The second-order valence-corrected chi connectivity index (χ2v) is 6.89. The summed E-state index contributed by atoms with van der Waals surface area (Å²) >= 11 is 9.13. The van der Waals surface area contributed by atoms with Gasteiger partial charge in [-0.1, -0.05) is 27.5 Å². The van der Waals surface area contributed by atoms with Crippen molar-refractivity contribution in [2.75, 3.05) is 10.5 Å². The average molecular weight is 380 g/mol. The molecule has 0 spiro atoms. The molecule has 0 saturated carbocycles. The first kappa shape index (κ1) is 15.1. The van der Waals surface area contributed by atoms with E-state index in [0.717, 1.165) is 18.2 Å². The van der Waals surface area contributed by atoms with Crippen molar-refractivity contribution in [3.8, 4) is 0 Å². The van der Waals surface area contributed by atoms with E-state index in [1.807, 2.05) is 0 Å². The van der Waals surface area contributed by atoms with Crippen molar-refractivity contribution < 1.29 is 12.8 Å². The molecule has 0 unspecified atom stereocenters. The first-order chi connectivity index (χ1) is 9.29. The van der Waals surface area contributed by atoms with Crippen molar-refractivity contribution in [2.24, 2.45) is 0 Å². The number of nitrogens with two attached hydrogens (primary N) is 1. The maximum absolute atomic E-state index is 13.0. The van der Waals surface area contributed by atoms with Gasteiger partial charge in [0.05, 0.1) is 16.4 Å². The Kier molecular flexibility index (Phi) is 4.22. The fraction of sp³-hybridized carbons (Fsp3) is 0. The number of rotatable bonds is 3. The Balaban J connectivity index is 2.43. The third-order valence-electron chi connectivity index (χ3n) is 2.43. The summed E-state index contributed by atoms with van der Waals surface area (Å²) in [5.41, 5.74) is 5.55. The largest absolute Gasteiger partial charge is 0.398 e. The lowest BCUT2D eigenvalue weighted by atomic mass is 10.3. The first-order valence-electron chi connectivity index (χ1n) is 5.32. The highest BCUT2D eigenvalue weighted by atomic mass is 79.9. The zero-order valence-electron chi connectivity index (χ0n) is 9.90. The van der Waals surface area contributed by atoms with E-state index in [1.165, 1.54) is 12.1 Å². The number of sulfonamides is 1. The second-order valence-electron chi connectivity index (χ2n) is 3.91. The summed E-state index contributed by atoms with van der Waals surface area (Å²) in [4.78, 5) is -0.213. The molecule has 0 bridgehead atoms. The van der Waals surface area contributed by atoms with Crippen LogP contribution in [0.3, 0.4) is 0 Å². The molecule has 0 aliphatic rings. The highest BCUT2D eigenvalue weighted by Crippen LogP contribution is 2.29. The molecule has 0 amide bonds. The predicted octanol–water partition coefficient (Wildman–Crippen LogP) is 3.62. The van der Waals surface area contributed by atoms with E-state index in [9.17, 15) is 12.8 Å². The van der Waals surface area contributed by atoms with Crippen LogP contribution >= 0.6 is 27.5 Å². The third kappa shape index (κ3) is 3.23. The summed E-state index contributed by atoms with van der Waals surface area (Å²) in [5.74, 6) is -0.609. The van der Waals surface area contributed by atoms with E-state index in [1.54, 1.807) is 6.07 Å². The van der Waals surface area contributed by atoms with Crippen molar-refractivity contribution in [3.05, 3.63) is 51.7 Å². The Morgan fingerprint density at radius 3 is 2.55 bits per heavy atom. The molecule has 8 heteroatoms. The van der Waals surface area contributed by atoms with Crippen molar-refractivity contribution in [2.45, 2.75) is 4.90 Å². The van der Waals surface area contributed by atoms with Gasteiger partial charge in [-0.15, -0.1) is 0 Å². The minimum atomic E-state index is -3.95. The number of nitrogens with one attached hydrogen (secondary N) is 1. The molecule has 3 N–H and O–H groups in total. The van der Waals surface area contributed by atoms with Crippen molar-refractivity contribution in [3.63, 3.8) is 0 Å². The van der Waals surface area contributed by atoms with E-state index >= 15 is 0 Å². The lowest BCUT2D eigenvalue weighted by Crippen LogP contribution is -2.15. The molecule has 0 atom stereocenters. The normalized spacial score (nSPS) is 11.3. The minimum Gasteiger partial charge on any atom is -0.398 e. The van der Waals surface area contributed by atoms with Crippen LogP contribution in [0.1, 0.15) is 0 Å². The van der Waals surface area contributed by atoms with Crippen LogP contribution in [0.5, 0.6) is 0 Å². The first-order valence-corrected chi connectivity index (χ1v) is 7.98. The van der Waals surface area contributed by atoms with Crippen LogP contribution < -0.4 is 10.5 Å². The van der Waals surface area contributed by atoms with Gasteiger partial charge in [-0.3, -0.25) is 4.72 Å². The molecule has 2 rings (SSSR count). The fourth-order valence-corrected chi connectivity index (χ4v) is 3.31. The van der Waals surface area contributed by atoms with E-state index in [2.05, 4.69) is 20.7 Å². The molecule has 2 aromatic rings. The fourth-order valence-electron chi connectivity index (χ4n) is 1.54. The molecule has 0 aliphatic carbocycles. The molecule has 0 saturated heterocycles. The van der Waals surface area contributed by atoms with E-state index < -0.39 is 15.8 Å². The Labute approximate surface area is 128 Å². The molecular weight excluding hydrogens is 371 g/mol. The van der Waals surface area contributed by atoms with Crippen molar-refractivity contribution in [1.29, 1.82) is 0 Å². The summed E-state index contributed by atoms with van der Waals surface area (Å²) in [6.07, 6.45) is 0. The summed E-state index contributed by atoms with van der Waals surface area (Å²) in [5, 5.41) is 0.234. The lowest BCUT2D eigenvalue weighted by Gasteiger charge is -2.11. The van der Waals surface area contributed by atoms with Gasteiger partial charge in [0, 0.05) is 4.47 Å². The number of hydrogen-bond acceptors (Lipinski definition) is 3. The SMILES string of the molecule is Nc1cc(F)ccc1S(=O)(=O)Nc1cc(Br)ccc1Cl. The summed E-state index contributed by atoms with van der Waals surface area (Å²) < 4.78 is 40.3. The molecular formula is C12H9BrClFN2O2S. The van der Waals surface area contributed by atoms with Crippen molar-refractivity contribution >= 4 is 48.9 Å². The number of halogens is 3. The van der Waals surface area contributed by atoms with Crippen LogP contribution in [-0.4, -0.2) is 8.42 Å². The third-order valence-corrected chi connectivity index (χ3v) is 4.70. The van der Waals surface area contributed by atoms with Gasteiger partial charge in [-0.25, -0.2) is 12.8 Å². The highest BCUT2D eigenvalue weighted by molar-refractivity contribution is 9.10. The van der Waals surface area contributed by atoms with E-state index in [0.29, 0.717) is 4.47 Å². The number of nitrogen functional groups attached to an aromatic ring is 1. The van der Waals surface area contributed by atoms with Gasteiger partial charge in [-0.2, -0.15) is 0 Å². The zero-order valence-corrected chi connectivity index (χ0v) is 13.1. The number of hydrogen-bond donors (Lipinski definition) is 2. The Morgan fingerprint density at radius 1 is 1.20 bits per heavy atom. The predicted molar refractivity (Wildman–Crippen MR) is 80.8 cm³/mol. The molecule has 4 nitrogen and oxygen atoms in total. The molecule has 0 aliphatic heterocycles. The molecule has 20 heavy (non-hydrogen) atoms. The average Bonchev–Trinajstić information content (AvgIpc) is 2.33. The van der Waals surface area contributed by atoms with Crippen LogP contribution in [0.25, 0.3) is 0 Å². The number of anilines is 2. The van der Waals surface area contributed by atoms with Gasteiger partial charge in [0.1, 0.15) is 10.7 Å². The Bertz CT molecular complexity index is 768. The van der Waals surface area contributed by atoms with Crippen LogP contribution in [-0.2, 0) is 10.0 Å². The van der Waals surface area contributed by atoms with Gasteiger partial charge < -0.3 is 5.73 Å². The van der Waals surface area contributed by atoms with E-state index in [-0.39, 0.29) is 21.3 Å². The molecule has 0 radical (unpaired) electrons. The molecule has 0 fully saturated rings. The Morgan fingerprint density at radius 2 is 1.90 bits per heavy atom. The van der Waals surface area contributed by atoms with Gasteiger partial charge in [-0.05, 0) is 36.4 Å². The van der Waals surface area contributed by atoms with Gasteiger partial charge in [0.2, 0.25) is 0 Å². The van der Waals surface area contributed by atoms with Crippen molar-refractivity contribution in [1.82, 2.24) is 0 Å². The quantitative estimate of drug-likeness (QED) is 0.800. The molecule has 106 valence electrons. The summed E-state index contributed by atoms with van der Waals surface area (Å²) in [6, 6.07) is 7.78. The lowest BCUT2D eigenvalue weighted by molar-refractivity contribution is 0.600. The van der Waals surface area contributed by atoms with E-state index in [4.69, 9.17) is 17.3 Å². The maximum Gasteiger partial charge on any atom is 0.263 e. The van der Waals surface area contributed by atoms with Gasteiger partial charge >= 0.3 is 0 Å². The maximum atomic E-state index is 13.0. The minimum absolute atomic E-state index is 0.177. The summed E-state index contributed by atoms with van der Waals surface area (Å²) in [6.45, 7) is 0. The summed E-state index contributed by atoms with van der Waals surface area (Å²) in [7, 11) is -3.95. The second kappa shape index (κ2) is 5.59. The van der Waals surface area contributed by atoms with Gasteiger partial charge in [0.25, 0.3) is 10.0 Å². The van der Waals surface area contributed by atoms with Crippen LogP contribution in [0, 0.1) is 5.82 Å². The standard InChI is InChI=1S/C12H9BrClFN2O2S/c13-7-1-3-9(14)11(5-7)17-20(18,19)12-4-2-8(15)6-10(12)16/h1-6,17H,16H2. The van der Waals surface area contributed by atoms with Crippen LogP contribution in [0.15, 0.2) is 45.8 Å². The topological polar surface area (TPSA) is 72.2 Å². The molecule has 2 aromatic carbocycles. The van der Waals surface area contributed by atoms with Crippen LogP contribution in [0.4, 0.5) is 15.8 Å². The molecule has 0 heterocycles. The zero-order chi connectivity index (χ0) is 14.9.